The molecule has 1 aliphatic rings. The van der Waals surface area contributed by atoms with Crippen LogP contribution in [0.15, 0.2) is 24.3 Å². The molecule has 1 amide bonds. The van der Waals surface area contributed by atoms with Crippen LogP contribution >= 0.6 is 0 Å². The number of benzene rings is 1. The lowest BCUT2D eigenvalue weighted by Crippen LogP contribution is -2.32. The molecular formula is C13H17NO2. The molecule has 3 nitrogen and oxygen atoms in total. The maximum atomic E-state index is 11.9. The Hall–Kier alpha value is -1.51. The first-order chi connectivity index (χ1) is 7.66. The van der Waals surface area contributed by atoms with Gasteiger partial charge in [0.2, 0.25) is 0 Å². The van der Waals surface area contributed by atoms with E-state index < -0.39 is 0 Å². The Bertz CT molecular complexity index is 389. The van der Waals surface area contributed by atoms with E-state index in [1.165, 1.54) is 12.5 Å². The molecule has 0 aliphatic heterocycles. The highest BCUT2D eigenvalue weighted by atomic mass is 16.3. The zero-order valence-corrected chi connectivity index (χ0v) is 9.44. The molecule has 2 unspecified atom stereocenters. The number of nitrogens with one attached hydrogen (secondary N) is 1. The van der Waals surface area contributed by atoms with Gasteiger partial charge in [-0.3, -0.25) is 4.79 Å². The number of phenols is 1. The fourth-order valence-corrected chi connectivity index (χ4v) is 2.27. The summed E-state index contributed by atoms with van der Waals surface area (Å²) < 4.78 is 0. The molecule has 1 saturated carbocycles. The molecule has 0 radical (unpaired) electrons. The minimum absolute atomic E-state index is 0.0473. The van der Waals surface area contributed by atoms with E-state index in [1.807, 2.05) is 0 Å². The number of para-hydroxylation sites is 1. The van der Waals surface area contributed by atoms with Crippen molar-refractivity contribution in [1.82, 2.24) is 5.32 Å². The average Bonchev–Trinajstić information content (AvgIpc) is 2.64. The summed E-state index contributed by atoms with van der Waals surface area (Å²) in [4.78, 5) is 11.9. The first kappa shape index (κ1) is 11.0. The van der Waals surface area contributed by atoms with Crippen molar-refractivity contribution in [1.29, 1.82) is 0 Å². The molecule has 16 heavy (non-hydrogen) atoms. The fourth-order valence-electron chi connectivity index (χ4n) is 2.27. The van der Waals surface area contributed by atoms with Gasteiger partial charge < -0.3 is 10.4 Å². The lowest BCUT2D eigenvalue weighted by molar-refractivity contribution is 0.0934. The summed E-state index contributed by atoms with van der Waals surface area (Å²) in [5, 5.41) is 12.5. The third-order valence-corrected chi connectivity index (χ3v) is 3.18. The van der Waals surface area contributed by atoms with Gasteiger partial charge in [0.25, 0.3) is 5.91 Å². The van der Waals surface area contributed by atoms with Crippen molar-refractivity contribution < 1.29 is 9.90 Å². The van der Waals surface area contributed by atoms with E-state index in [2.05, 4.69) is 12.2 Å². The summed E-state index contributed by atoms with van der Waals surface area (Å²) in [5.41, 5.74) is 0.363. The summed E-state index contributed by atoms with van der Waals surface area (Å²) in [5.74, 6) is 0.568. The summed E-state index contributed by atoms with van der Waals surface area (Å²) in [7, 11) is 0. The zero-order chi connectivity index (χ0) is 11.5. The highest BCUT2D eigenvalue weighted by molar-refractivity contribution is 5.96. The number of phenolic OH excluding ortho intramolecular Hbond substituents is 1. The number of hydrogen-bond acceptors (Lipinski definition) is 2. The molecule has 2 atom stereocenters. The second kappa shape index (κ2) is 4.56. The van der Waals surface area contributed by atoms with Gasteiger partial charge in [0.1, 0.15) is 5.75 Å². The van der Waals surface area contributed by atoms with E-state index in [9.17, 15) is 9.90 Å². The first-order valence-electron chi connectivity index (χ1n) is 5.75. The lowest BCUT2D eigenvalue weighted by Gasteiger charge is -2.12. The van der Waals surface area contributed by atoms with Crippen molar-refractivity contribution in [3.05, 3.63) is 29.8 Å². The third kappa shape index (κ3) is 2.35. The van der Waals surface area contributed by atoms with Crippen LogP contribution in [-0.2, 0) is 0 Å². The fraction of sp³-hybridized carbons (Fsp3) is 0.462. The topological polar surface area (TPSA) is 49.3 Å². The van der Waals surface area contributed by atoms with Crippen LogP contribution in [0.25, 0.3) is 0 Å². The number of carbonyl (C=O) groups excluding carboxylic acids is 1. The number of rotatable bonds is 2. The maximum absolute atomic E-state index is 11.9. The quantitative estimate of drug-likeness (QED) is 0.802. The van der Waals surface area contributed by atoms with Gasteiger partial charge in [-0.1, -0.05) is 19.1 Å². The predicted octanol–water partition coefficient (Wildman–Crippen LogP) is 2.31. The van der Waals surface area contributed by atoms with Gasteiger partial charge in [-0.05, 0) is 37.3 Å². The molecule has 0 saturated heterocycles. The summed E-state index contributed by atoms with van der Waals surface area (Å²) in [6.45, 7) is 2.20. The highest BCUT2D eigenvalue weighted by Gasteiger charge is 2.23. The monoisotopic (exact) mass is 219 g/mol. The number of carbonyl (C=O) groups is 1. The Morgan fingerprint density at radius 2 is 2.12 bits per heavy atom. The number of hydrogen-bond donors (Lipinski definition) is 2. The molecule has 86 valence electrons. The Balaban J connectivity index is 2.01. The van der Waals surface area contributed by atoms with Gasteiger partial charge in [-0.15, -0.1) is 0 Å². The van der Waals surface area contributed by atoms with Crippen LogP contribution in [-0.4, -0.2) is 17.1 Å². The molecule has 3 heteroatoms. The van der Waals surface area contributed by atoms with E-state index in [0.29, 0.717) is 11.5 Å². The van der Waals surface area contributed by atoms with Crippen LogP contribution in [0, 0.1) is 5.92 Å². The molecule has 1 aromatic carbocycles. The molecule has 1 aliphatic carbocycles. The Morgan fingerprint density at radius 3 is 2.75 bits per heavy atom. The Morgan fingerprint density at radius 1 is 1.38 bits per heavy atom. The summed E-state index contributed by atoms with van der Waals surface area (Å²) in [6, 6.07) is 6.91. The van der Waals surface area contributed by atoms with Crippen molar-refractivity contribution in [3.8, 4) is 5.75 Å². The molecular weight excluding hydrogens is 202 g/mol. The van der Waals surface area contributed by atoms with Gasteiger partial charge in [-0.25, -0.2) is 0 Å². The van der Waals surface area contributed by atoms with Gasteiger partial charge >= 0.3 is 0 Å². The molecule has 0 spiro atoms. The van der Waals surface area contributed by atoms with Crippen molar-refractivity contribution in [2.45, 2.75) is 32.2 Å². The maximum Gasteiger partial charge on any atom is 0.255 e. The van der Waals surface area contributed by atoms with Crippen LogP contribution in [0.3, 0.4) is 0 Å². The normalized spacial score (nSPS) is 24.3. The van der Waals surface area contributed by atoms with Crippen LogP contribution in [0.2, 0.25) is 0 Å². The first-order valence-corrected chi connectivity index (χ1v) is 5.75. The zero-order valence-electron chi connectivity index (χ0n) is 9.44. The van der Waals surface area contributed by atoms with Crippen LogP contribution in [0.4, 0.5) is 0 Å². The van der Waals surface area contributed by atoms with E-state index in [0.717, 1.165) is 12.8 Å². The van der Waals surface area contributed by atoms with Crippen molar-refractivity contribution >= 4 is 5.91 Å². The van der Waals surface area contributed by atoms with Gasteiger partial charge in [0, 0.05) is 6.04 Å². The molecule has 1 aromatic rings. The standard InChI is InChI=1S/C13H17NO2/c1-9-6-7-10(8-9)14-13(16)11-4-2-3-5-12(11)15/h2-5,9-10,15H,6-8H2,1H3,(H,14,16). The van der Waals surface area contributed by atoms with Crippen molar-refractivity contribution in [3.63, 3.8) is 0 Å². The van der Waals surface area contributed by atoms with Gasteiger partial charge in [0.15, 0.2) is 0 Å². The molecule has 0 aromatic heterocycles. The van der Waals surface area contributed by atoms with Crippen LogP contribution in [0.5, 0.6) is 5.75 Å². The average molecular weight is 219 g/mol. The van der Waals surface area contributed by atoms with Crippen molar-refractivity contribution in [2.24, 2.45) is 5.92 Å². The Labute approximate surface area is 95.5 Å². The SMILES string of the molecule is CC1CCC(NC(=O)c2ccccc2O)C1. The highest BCUT2D eigenvalue weighted by Crippen LogP contribution is 2.25. The minimum Gasteiger partial charge on any atom is -0.507 e. The molecule has 0 heterocycles. The minimum atomic E-state index is -0.169. The molecule has 2 N–H and O–H groups in total. The lowest BCUT2D eigenvalue weighted by atomic mass is 10.1. The smallest absolute Gasteiger partial charge is 0.255 e. The summed E-state index contributed by atoms with van der Waals surface area (Å²) in [6.07, 6.45) is 3.26. The Kier molecular flexibility index (Phi) is 3.13. The van der Waals surface area contributed by atoms with E-state index >= 15 is 0 Å². The molecule has 2 rings (SSSR count). The van der Waals surface area contributed by atoms with E-state index in [1.54, 1.807) is 18.2 Å². The summed E-state index contributed by atoms with van der Waals surface area (Å²) >= 11 is 0. The van der Waals surface area contributed by atoms with Crippen LogP contribution < -0.4 is 5.32 Å². The van der Waals surface area contributed by atoms with Gasteiger partial charge in [-0.2, -0.15) is 0 Å². The van der Waals surface area contributed by atoms with Crippen molar-refractivity contribution in [2.75, 3.05) is 0 Å². The van der Waals surface area contributed by atoms with E-state index in [-0.39, 0.29) is 17.7 Å². The number of aromatic hydroxyl groups is 1. The number of amides is 1. The van der Waals surface area contributed by atoms with Gasteiger partial charge in [0.05, 0.1) is 5.56 Å². The third-order valence-electron chi connectivity index (χ3n) is 3.18. The van der Waals surface area contributed by atoms with E-state index in [4.69, 9.17) is 0 Å². The second-order valence-electron chi connectivity index (χ2n) is 4.61. The van der Waals surface area contributed by atoms with Crippen LogP contribution in [0.1, 0.15) is 36.5 Å². The molecule has 1 fully saturated rings. The predicted molar refractivity (Wildman–Crippen MR) is 62.4 cm³/mol. The largest absolute Gasteiger partial charge is 0.507 e. The molecule has 0 bridgehead atoms. The second-order valence-corrected chi connectivity index (χ2v) is 4.61.